The topological polar surface area (TPSA) is 90.7 Å². The van der Waals surface area contributed by atoms with E-state index in [1.165, 1.54) is 0 Å². The van der Waals surface area contributed by atoms with Crippen molar-refractivity contribution in [3.8, 4) is 0 Å². The summed E-state index contributed by atoms with van der Waals surface area (Å²) in [4.78, 5) is 0. The molecule has 23 heavy (non-hydrogen) atoms. The highest BCUT2D eigenvalue weighted by atomic mass is 16.7. The number of fused-ring (bicyclic) bond motifs is 1. The van der Waals surface area contributed by atoms with Crippen LogP contribution in [-0.4, -0.2) is 35.2 Å². The number of benzene rings is 1. The summed E-state index contributed by atoms with van der Waals surface area (Å²) >= 11 is 0. The van der Waals surface area contributed by atoms with E-state index in [0.29, 0.717) is 16.9 Å². The smallest absolute Gasteiger partial charge is 0.400 e. The maximum atomic E-state index is 9.73. The van der Waals surface area contributed by atoms with Gasteiger partial charge in [-0.15, -0.1) is 0 Å². The van der Waals surface area contributed by atoms with E-state index in [9.17, 15) is 5.11 Å². The molecule has 1 aliphatic heterocycles. The van der Waals surface area contributed by atoms with Crippen molar-refractivity contribution in [2.75, 3.05) is 12.3 Å². The van der Waals surface area contributed by atoms with Gasteiger partial charge in [0.1, 0.15) is 0 Å². The summed E-state index contributed by atoms with van der Waals surface area (Å²) in [5.74, 6) is 0.344. The zero-order valence-electron chi connectivity index (χ0n) is 13.8. The largest absolute Gasteiger partial charge is 0.492 e. The normalized spacial score (nSPS) is 20.4. The van der Waals surface area contributed by atoms with Crippen molar-refractivity contribution < 1.29 is 18.9 Å². The summed E-state index contributed by atoms with van der Waals surface area (Å²) in [7, 11) is -0.583. The third kappa shape index (κ3) is 2.76. The van der Waals surface area contributed by atoms with Gasteiger partial charge < -0.3 is 24.7 Å². The Balaban J connectivity index is 1.93. The van der Waals surface area contributed by atoms with E-state index in [0.717, 1.165) is 10.9 Å². The monoisotopic (exact) mass is 316 g/mol. The van der Waals surface area contributed by atoms with Crippen LogP contribution in [0.15, 0.2) is 28.2 Å². The van der Waals surface area contributed by atoms with Crippen LogP contribution in [0.5, 0.6) is 0 Å². The van der Waals surface area contributed by atoms with E-state index in [2.05, 4.69) is 5.16 Å². The van der Waals surface area contributed by atoms with Crippen LogP contribution < -0.4 is 5.73 Å². The lowest BCUT2D eigenvalue weighted by atomic mass is 9.77. The standard InChI is InChI=1S/C16H21BN2O4/c1-15(2)16(3,4)23-17(22-15)11(9-20)7-10-5-6-13-12(8-10)14(18)19-21-13/h5-8,20H,9H2,1-4H3,(H2,18,19). The number of nitrogens with zero attached hydrogens (tertiary/aromatic N) is 1. The van der Waals surface area contributed by atoms with Crippen molar-refractivity contribution in [1.82, 2.24) is 5.16 Å². The Morgan fingerprint density at radius 3 is 2.52 bits per heavy atom. The minimum Gasteiger partial charge on any atom is -0.400 e. The highest BCUT2D eigenvalue weighted by molar-refractivity contribution is 6.55. The van der Waals surface area contributed by atoms with Crippen LogP contribution in [0.3, 0.4) is 0 Å². The van der Waals surface area contributed by atoms with Crippen molar-refractivity contribution in [2.45, 2.75) is 38.9 Å². The molecule has 0 spiro atoms. The van der Waals surface area contributed by atoms with Gasteiger partial charge in [0.2, 0.25) is 0 Å². The first-order valence-corrected chi connectivity index (χ1v) is 7.55. The third-order valence-electron chi connectivity index (χ3n) is 4.61. The Hall–Kier alpha value is -1.83. The second-order valence-electron chi connectivity index (χ2n) is 6.79. The van der Waals surface area contributed by atoms with Gasteiger partial charge in [0.25, 0.3) is 0 Å². The predicted molar refractivity (Wildman–Crippen MR) is 89.6 cm³/mol. The third-order valence-corrected chi connectivity index (χ3v) is 4.61. The Labute approximate surface area is 135 Å². The maximum Gasteiger partial charge on any atom is 0.492 e. The van der Waals surface area contributed by atoms with Crippen molar-refractivity contribution in [3.63, 3.8) is 0 Å². The number of aliphatic hydroxyl groups excluding tert-OH is 1. The first-order chi connectivity index (χ1) is 10.7. The molecule has 7 heteroatoms. The second kappa shape index (κ2) is 5.37. The zero-order chi connectivity index (χ0) is 16.8. The molecule has 1 aromatic heterocycles. The number of aliphatic hydroxyl groups is 1. The Kier molecular flexibility index (Phi) is 3.75. The van der Waals surface area contributed by atoms with Gasteiger partial charge >= 0.3 is 7.12 Å². The van der Waals surface area contributed by atoms with E-state index in [1.54, 1.807) is 6.07 Å². The van der Waals surface area contributed by atoms with Crippen LogP contribution >= 0.6 is 0 Å². The van der Waals surface area contributed by atoms with Crippen molar-refractivity contribution in [3.05, 3.63) is 29.2 Å². The van der Waals surface area contributed by atoms with Gasteiger partial charge in [-0.3, -0.25) is 0 Å². The van der Waals surface area contributed by atoms with Crippen LogP contribution in [0.4, 0.5) is 5.82 Å². The number of nitrogen functional groups attached to an aromatic ring is 1. The molecule has 0 amide bonds. The number of anilines is 1. The summed E-state index contributed by atoms with van der Waals surface area (Å²) in [6, 6.07) is 5.53. The Morgan fingerprint density at radius 1 is 1.26 bits per heavy atom. The average molecular weight is 316 g/mol. The van der Waals surface area contributed by atoms with Gasteiger partial charge in [-0.25, -0.2) is 0 Å². The SMILES string of the molecule is CC1(C)OB(C(=Cc2ccc3onc(N)c3c2)CO)OC1(C)C. The minimum atomic E-state index is -0.583. The predicted octanol–water partition coefficient (Wildman–Crippen LogP) is 2.42. The number of hydrogen-bond donors (Lipinski definition) is 2. The average Bonchev–Trinajstić information content (AvgIpc) is 2.94. The Bertz CT molecular complexity index is 751. The molecule has 3 N–H and O–H groups in total. The number of rotatable bonds is 3. The molecule has 0 unspecified atom stereocenters. The highest BCUT2D eigenvalue weighted by Gasteiger charge is 2.52. The van der Waals surface area contributed by atoms with E-state index < -0.39 is 18.3 Å². The summed E-state index contributed by atoms with van der Waals surface area (Å²) in [6.07, 6.45) is 1.84. The molecule has 1 aliphatic rings. The summed E-state index contributed by atoms with van der Waals surface area (Å²) in [6.45, 7) is 7.75. The van der Waals surface area contributed by atoms with E-state index in [4.69, 9.17) is 19.6 Å². The van der Waals surface area contributed by atoms with E-state index in [1.807, 2.05) is 45.9 Å². The molecular weight excluding hydrogens is 295 g/mol. The zero-order valence-corrected chi connectivity index (χ0v) is 13.8. The molecule has 0 atom stereocenters. The summed E-state index contributed by atoms with van der Waals surface area (Å²) in [5, 5.41) is 14.2. The van der Waals surface area contributed by atoms with Gasteiger partial charge in [0.05, 0.1) is 23.2 Å². The molecular formula is C16H21BN2O4. The molecule has 2 aromatic rings. The second-order valence-corrected chi connectivity index (χ2v) is 6.79. The number of nitrogens with two attached hydrogens (primary N) is 1. The molecule has 0 radical (unpaired) electrons. The molecule has 2 heterocycles. The van der Waals surface area contributed by atoms with E-state index >= 15 is 0 Å². The number of aromatic nitrogens is 1. The van der Waals surface area contributed by atoms with Gasteiger partial charge in [-0.2, -0.15) is 0 Å². The van der Waals surface area contributed by atoms with Gasteiger partial charge in [-0.1, -0.05) is 17.3 Å². The van der Waals surface area contributed by atoms with Crippen LogP contribution in [0.1, 0.15) is 33.3 Å². The van der Waals surface area contributed by atoms with E-state index in [-0.39, 0.29) is 6.61 Å². The van der Waals surface area contributed by atoms with Crippen LogP contribution in [0.25, 0.3) is 17.0 Å². The quantitative estimate of drug-likeness (QED) is 0.845. The first kappa shape index (κ1) is 16.0. The molecule has 3 rings (SSSR count). The summed E-state index contributed by atoms with van der Waals surface area (Å²) in [5.41, 5.74) is 7.02. The fourth-order valence-corrected chi connectivity index (χ4v) is 2.46. The molecule has 0 bridgehead atoms. The Morgan fingerprint density at radius 2 is 1.91 bits per heavy atom. The molecule has 0 saturated carbocycles. The van der Waals surface area contributed by atoms with Crippen LogP contribution in [-0.2, 0) is 9.31 Å². The van der Waals surface area contributed by atoms with Crippen molar-refractivity contribution >= 4 is 30.0 Å². The summed E-state index contributed by atoms with van der Waals surface area (Å²) < 4.78 is 17.1. The molecule has 122 valence electrons. The number of hydrogen-bond acceptors (Lipinski definition) is 6. The molecule has 6 nitrogen and oxygen atoms in total. The molecule has 0 aliphatic carbocycles. The fourth-order valence-electron chi connectivity index (χ4n) is 2.46. The van der Waals surface area contributed by atoms with Crippen molar-refractivity contribution in [2.24, 2.45) is 0 Å². The first-order valence-electron chi connectivity index (χ1n) is 7.55. The van der Waals surface area contributed by atoms with Gasteiger partial charge in [0, 0.05) is 0 Å². The fraction of sp³-hybridized carbons (Fsp3) is 0.438. The van der Waals surface area contributed by atoms with Crippen molar-refractivity contribution in [1.29, 1.82) is 0 Å². The van der Waals surface area contributed by atoms with Gasteiger partial charge in [0.15, 0.2) is 11.4 Å². The molecule has 1 saturated heterocycles. The molecule has 1 aromatic carbocycles. The van der Waals surface area contributed by atoms with Gasteiger partial charge in [-0.05, 0) is 50.9 Å². The lowest BCUT2D eigenvalue weighted by Crippen LogP contribution is -2.41. The van der Waals surface area contributed by atoms with Crippen LogP contribution in [0, 0.1) is 0 Å². The lowest BCUT2D eigenvalue weighted by Gasteiger charge is -2.32. The minimum absolute atomic E-state index is 0.159. The molecule has 1 fully saturated rings. The lowest BCUT2D eigenvalue weighted by molar-refractivity contribution is 0.00578. The van der Waals surface area contributed by atoms with Crippen LogP contribution in [0.2, 0.25) is 0 Å². The highest BCUT2D eigenvalue weighted by Crippen LogP contribution is 2.38. The maximum absolute atomic E-state index is 9.73.